The Bertz CT molecular complexity index is 722. The van der Waals surface area contributed by atoms with Gasteiger partial charge in [0.25, 0.3) is 0 Å². The van der Waals surface area contributed by atoms with Crippen LogP contribution in [0.1, 0.15) is 17.0 Å². The molecule has 0 saturated heterocycles. The van der Waals surface area contributed by atoms with Crippen molar-refractivity contribution in [3.63, 3.8) is 0 Å². The third-order valence-electron chi connectivity index (χ3n) is 3.52. The smallest absolute Gasteiger partial charge is 0.168 e. The molecule has 100 valence electrons. The third-order valence-corrected chi connectivity index (χ3v) is 3.52. The molecule has 0 unspecified atom stereocenters. The van der Waals surface area contributed by atoms with E-state index in [4.69, 9.17) is 0 Å². The van der Waals surface area contributed by atoms with Gasteiger partial charge in [0.2, 0.25) is 0 Å². The molecule has 1 aromatic heterocycles. The Morgan fingerprint density at radius 2 is 1.40 bits per heavy atom. The molecule has 2 aromatic carbocycles. The number of hydrogen-bond acceptors (Lipinski definition) is 2. The lowest BCUT2D eigenvalue weighted by Crippen LogP contribution is -2.04. The van der Waals surface area contributed by atoms with Gasteiger partial charge in [-0.1, -0.05) is 48.5 Å². The van der Waals surface area contributed by atoms with Gasteiger partial charge in [0, 0.05) is 5.56 Å². The Morgan fingerprint density at radius 1 is 0.750 bits per heavy atom. The molecule has 1 heterocycles. The normalized spacial score (nSPS) is 10.8. The summed E-state index contributed by atoms with van der Waals surface area (Å²) in [6.45, 7) is 6.23. The van der Waals surface area contributed by atoms with Crippen LogP contribution in [0, 0.1) is 20.8 Å². The van der Waals surface area contributed by atoms with E-state index in [1.54, 1.807) is 0 Å². The van der Waals surface area contributed by atoms with Gasteiger partial charge < -0.3 is 0 Å². The van der Waals surface area contributed by atoms with Gasteiger partial charge in [-0.15, -0.1) is 10.2 Å². The van der Waals surface area contributed by atoms with Gasteiger partial charge in [0.05, 0.1) is 5.69 Å². The second-order valence-corrected chi connectivity index (χ2v) is 5.01. The summed E-state index contributed by atoms with van der Waals surface area (Å²) >= 11 is 0. The molecule has 20 heavy (non-hydrogen) atoms. The van der Waals surface area contributed by atoms with E-state index in [1.165, 1.54) is 16.8 Å². The molecule has 0 aliphatic carbocycles. The van der Waals surface area contributed by atoms with Gasteiger partial charge >= 0.3 is 0 Å². The zero-order chi connectivity index (χ0) is 14.1. The van der Waals surface area contributed by atoms with Crippen LogP contribution in [0.2, 0.25) is 0 Å². The predicted octanol–water partition coefficient (Wildman–Crippen LogP) is 3.86. The first-order valence-corrected chi connectivity index (χ1v) is 6.72. The summed E-state index contributed by atoms with van der Waals surface area (Å²) in [5, 5.41) is 8.62. The number of aromatic nitrogens is 3. The molecule has 0 spiro atoms. The maximum atomic E-state index is 4.36. The van der Waals surface area contributed by atoms with Crippen LogP contribution < -0.4 is 0 Å². The van der Waals surface area contributed by atoms with Crippen LogP contribution in [0.15, 0.2) is 48.5 Å². The molecule has 3 nitrogen and oxygen atoms in total. The zero-order valence-electron chi connectivity index (χ0n) is 12.0. The monoisotopic (exact) mass is 263 g/mol. The summed E-state index contributed by atoms with van der Waals surface area (Å²) in [5.74, 6) is 1.79. The lowest BCUT2D eigenvalue weighted by Gasteiger charge is -2.14. The highest BCUT2D eigenvalue weighted by atomic mass is 15.3. The van der Waals surface area contributed by atoms with Gasteiger partial charge in [-0.05, 0) is 31.9 Å². The lowest BCUT2D eigenvalue weighted by atomic mass is 10.1. The predicted molar refractivity (Wildman–Crippen MR) is 81.0 cm³/mol. The molecular weight excluding hydrogens is 246 g/mol. The Labute approximate surface area is 118 Å². The van der Waals surface area contributed by atoms with Crippen molar-refractivity contribution in [1.29, 1.82) is 0 Å². The average Bonchev–Trinajstić information content (AvgIpc) is 2.82. The molecule has 3 rings (SSSR count). The van der Waals surface area contributed by atoms with Crippen molar-refractivity contribution in [2.24, 2.45) is 0 Å². The number of para-hydroxylation sites is 1. The summed E-state index contributed by atoms with van der Waals surface area (Å²) in [6, 6.07) is 16.5. The number of aryl methyl sites for hydroxylation is 3. The molecule has 0 aliphatic heterocycles. The maximum absolute atomic E-state index is 4.36. The average molecular weight is 263 g/mol. The number of rotatable bonds is 2. The van der Waals surface area contributed by atoms with Gasteiger partial charge in [-0.2, -0.15) is 0 Å². The minimum absolute atomic E-state index is 0.889. The number of benzene rings is 2. The van der Waals surface area contributed by atoms with Crippen molar-refractivity contribution in [3.05, 3.63) is 65.5 Å². The quantitative estimate of drug-likeness (QED) is 0.703. The fourth-order valence-electron chi connectivity index (χ4n) is 2.56. The summed E-state index contributed by atoms with van der Waals surface area (Å²) in [4.78, 5) is 0. The minimum atomic E-state index is 0.889. The maximum Gasteiger partial charge on any atom is 0.168 e. The van der Waals surface area contributed by atoms with Crippen molar-refractivity contribution in [2.75, 3.05) is 0 Å². The molecule has 0 fully saturated rings. The first kappa shape index (κ1) is 12.6. The fourth-order valence-corrected chi connectivity index (χ4v) is 2.56. The van der Waals surface area contributed by atoms with Crippen LogP contribution in [-0.4, -0.2) is 14.8 Å². The highest BCUT2D eigenvalue weighted by Crippen LogP contribution is 2.26. The fraction of sp³-hybridized carbons (Fsp3) is 0.176. The largest absolute Gasteiger partial charge is 0.279 e. The zero-order valence-corrected chi connectivity index (χ0v) is 12.0. The van der Waals surface area contributed by atoms with Gasteiger partial charge in [0.1, 0.15) is 5.82 Å². The second kappa shape index (κ2) is 4.93. The van der Waals surface area contributed by atoms with Gasteiger partial charge in [0.15, 0.2) is 5.82 Å². The topological polar surface area (TPSA) is 30.7 Å². The van der Waals surface area contributed by atoms with Crippen molar-refractivity contribution in [3.8, 4) is 17.1 Å². The van der Waals surface area contributed by atoms with E-state index < -0.39 is 0 Å². The SMILES string of the molecule is Cc1cccc(C)c1-n1c(C)nnc1-c1ccccc1. The second-order valence-electron chi connectivity index (χ2n) is 5.01. The first-order chi connectivity index (χ1) is 9.68. The van der Waals surface area contributed by atoms with Crippen LogP contribution in [0.5, 0.6) is 0 Å². The molecular formula is C17H17N3. The van der Waals surface area contributed by atoms with E-state index in [9.17, 15) is 0 Å². The van der Waals surface area contributed by atoms with Crippen LogP contribution in [-0.2, 0) is 0 Å². The highest BCUT2D eigenvalue weighted by Gasteiger charge is 2.15. The van der Waals surface area contributed by atoms with Crippen LogP contribution >= 0.6 is 0 Å². The van der Waals surface area contributed by atoms with Crippen molar-refractivity contribution < 1.29 is 0 Å². The molecule has 0 atom stereocenters. The number of nitrogens with zero attached hydrogens (tertiary/aromatic N) is 3. The first-order valence-electron chi connectivity index (χ1n) is 6.72. The third kappa shape index (κ3) is 2.01. The van der Waals surface area contributed by atoms with Crippen LogP contribution in [0.4, 0.5) is 0 Å². The molecule has 3 aromatic rings. The molecule has 0 bridgehead atoms. The van der Waals surface area contributed by atoms with Crippen molar-refractivity contribution >= 4 is 0 Å². The van der Waals surface area contributed by atoms with Gasteiger partial charge in [-0.3, -0.25) is 4.57 Å². The summed E-state index contributed by atoms with van der Waals surface area (Å²) in [6.07, 6.45) is 0. The number of hydrogen-bond donors (Lipinski definition) is 0. The Morgan fingerprint density at radius 3 is 2.05 bits per heavy atom. The van der Waals surface area contributed by atoms with E-state index in [0.29, 0.717) is 0 Å². The van der Waals surface area contributed by atoms with E-state index in [-0.39, 0.29) is 0 Å². The summed E-state index contributed by atoms with van der Waals surface area (Å²) < 4.78 is 2.14. The van der Waals surface area contributed by atoms with Crippen LogP contribution in [0.25, 0.3) is 17.1 Å². The molecule has 3 heteroatoms. The molecule has 0 saturated carbocycles. The molecule has 0 aliphatic rings. The van der Waals surface area contributed by atoms with Crippen LogP contribution in [0.3, 0.4) is 0 Å². The summed E-state index contributed by atoms with van der Waals surface area (Å²) in [7, 11) is 0. The Kier molecular flexibility index (Phi) is 3.11. The van der Waals surface area contributed by atoms with Crippen molar-refractivity contribution in [2.45, 2.75) is 20.8 Å². The molecule has 0 amide bonds. The standard InChI is InChI=1S/C17H17N3/c1-12-8-7-9-13(2)16(12)20-14(3)18-19-17(20)15-10-5-4-6-11-15/h4-11H,1-3H3. The Balaban J connectivity index is 2.28. The van der Waals surface area contributed by atoms with E-state index >= 15 is 0 Å². The highest BCUT2D eigenvalue weighted by molar-refractivity contribution is 5.61. The molecule has 0 radical (unpaired) electrons. The summed E-state index contributed by atoms with van der Waals surface area (Å²) in [5.41, 5.74) is 4.71. The van der Waals surface area contributed by atoms with E-state index in [1.807, 2.05) is 25.1 Å². The van der Waals surface area contributed by atoms with Gasteiger partial charge in [-0.25, -0.2) is 0 Å². The lowest BCUT2D eigenvalue weighted by molar-refractivity contribution is 0.954. The van der Waals surface area contributed by atoms with E-state index in [2.05, 4.69) is 58.9 Å². The van der Waals surface area contributed by atoms with E-state index in [0.717, 1.165) is 17.2 Å². The van der Waals surface area contributed by atoms with Crippen molar-refractivity contribution in [1.82, 2.24) is 14.8 Å². The Hall–Kier alpha value is -2.42. The molecule has 0 N–H and O–H groups in total. The minimum Gasteiger partial charge on any atom is -0.279 e.